The zero-order valence-corrected chi connectivity index (χ0v) is 14.3. The van der Waals surface area contributed by atoms with E-state index in [4.69, 9.17) is 0 Å². The first-order chi connectivity index (χ1) is 10.8. The van der Waals surface area contributed by atoms with Crippen LogP contribution >= 0.6 is 0 Å². The van der Waals surface area contributed by atoms with Crippen LogP contribution < -0.4 is 0 Å². The third kappa shape index (κ3) is 4.31. The first-order valence-electron chi connectivity index (χ1n) is 7.70. The van der Waals surface area contributed by atoms with Gasteiger partial charge in [-0.05, 0) is 30.7 Å². The Morgan fingerprint density at radius 3 is 2.00 bits per heavy atom. The second kappa shape index (κ2) is 7.12. The number of hydrogen-bond donors (Lipinski definition) is 0. The van der Waals surface area contributed by atoms with Crippen LogP contribution in [0.4, 0.5) is 0 Å². The van der Waals surface area contributed by atoms with Gasteiger partial charge >= 0.3 is 0 Å². The van der Waals surface area contributed by atoms with E-state index in [0.29, 0.717) is 38.2 Å². The Morgan fingerprint density at radius 2 is 1.52 bits per heavy atom. The van der Waals surface area contributed by atoms with Crippen molar-refractivity contribution < 1.29 is 18.0 Å². The number of sulfone groups is 1. The fourth-order valence-electron chi connectivity index (χ4n) is 2.56. The Balaban J connectivity index is 1.98. The highest BCUT2D eigenvalue weighted by atomic mass is 32.2. The van der Waals surface area contributed by atoms with Crippen molar-refractivity contribution in [2.75, 3.05) is 32.4 Å². The number of carbonyl (C=O) groups excluding carboxylic acids is 2. The number of nitrogens with zero attached hydrogens (tertiary/aromatic N) is 2. The van der Waals surface area contributed by atoms with Crippen molar-refractivity contribution in [1.29, 1.82) is 0 Å². The van der Waals surface area contributed by atoms with Crippen LogP contribution in [0.15, 0.2) is 29.2 Å². The van der Waals surface area contributed by atoms with Crippen molar-refractivity contribution >= 4 is 21.7 Å². The van der Waals surface area contributed by atoms with Gasteiger partial charge in [0.15, 0.2) is 9.84 Å². The van der Waals surface area contributed by atoms with Gasteiger partial charge in [0.25, 0.3) is 5.91 Å². The molecule has 0 saturated carbocycles. The van der Waals surface area contributed by atoms with Crippen LogP contribution in [0.1, 0.15) is 30.1 Å². The Morgan fingerprint density at radius 1 is 1.00 bits per heavy atom. The van der Waals surface area contributed by atoms with Gasteiger partial charge in [-0.15, -0.1) is 0 Å². The molecule has 1 aromatic carbocycles. The Kier molecular flexibility index (Phi) is 5.41. The van der Waals surface area contributed by atoms with Gasteiger partial charge in [-0.1, -0.05) is 6.92 Å². The third-order valence-electron chi connectivity index (χ3n) is 3.91. The number of hydrogen-bond acceptors (Lipinski definition) is 4. The van der Waals surface area contributed by atoms with E-state index < -0.39 is 9.84 Å². The summed E-state index contributed by atoms with van der Waals surface area (Å²) in [6.45, 7) is 4.07. The minimum atomic E-state index is -3.26. The molecular formula is C16H22N2O4S. The molecule has 2 rings (SSSR count). The van der Waals surface area contributed by atoms with Gasteiger partial charge in [0, 0.05) is 44.4 Å². The molecular weight excluding hydrogens is 316 g/mol. The highest BCUT2D eigenvalue weighted by molar-refractivity contribution is 7.90. The van der Waals surface area contributed by atoms with E-state index in [1.807, 2.05) is 6.92 Å². The molecule has 0 aromatic heterocycles. The van der Waals surface area contributed by atoms with Gasteiger partial charge in [0.1, 0.15) is 0 Å². The molecule has 1 aromatic rings. The van der Waals surface area contributed by atoms with Gasteiger partial charge in [0.2, 0.25) is 5.91 Å². The van der Waals surface area contributed by atoms with E-state index in [1.165, 1.54) is 24.3 Å². The summed E-state index contributed by atoms with van der Waals surface area (Å²) in [6, 6.07) is 5.97. The standard InChI is InChI=1S/C16H22N2O4S/c1-3-4-15(19)17-9-11-18(12-10-17)16(20)13-5-7-14(8-6-13)23(2,21)22/h5-8H,3-4,9-12H2,1-2H3. The quantitative estimate of drug-likeness (QED) is 0.826. The Hall–Kier alpha value is -1.89. The predicted molar refractivity (Wildman–Crippen MR) is 86.9 cm³/mol. The number of amides is 2. The van der Waals surface area contributed by atoms with E-state index in [9.17, 15) is 18.0 Å². The predicted octanol–water partition coefficient (Wildman–Crippen LogP) is 1.17. The molecule has 1 saturated heterocycles. The summed E-state index contributed by atoms with van der Waals surface area (Å²) in [4.78, 5) is 28.0. The molecule has 0 atom stereocenters. The summed E-state index contributed by atoms with van der Waals surface area (Å²) in [7, 11) is -3.26. The molecule has 23 heavy (non-hydrogen) atoms. The molecule has 1 aliphatic rings. The van der Waals surface area contributed by atoms with Crippen LogP contribution in [-0.4, -0.2) is 62.5 Å². The summed E-state index contributed by atoms with van der Waals surface area (Å²) >= 11 is 0. The lowest BCUT2D eigenvalue weighted by molar-refractivity contribution is -0.132. The topological polar surface area (TPSA) is 74.8 Å². The van der Waals surface area contributed by atoms with Gasteiger partial charge in [0.05, 0.1) is 4.90 Å². The van der Waals surface area contributed by atoms with Gasteiger partial charge in [-0.3, -0.25) is 9.59 Å². The number of rotatable bonds is 4. The highest BCUT2D eigenvalue weighted by Crippen LogP contribution is 2.14. The second-order valence-electron chi connectivity index (χ2n) is 5.72. The zero-order valence-electron chi connectivity index (χ0n) is 13.5. The molecule has 0 radical (unpaired) electrons. The lowest BCUT2D eigenvalue weighted by Crippen LogP contribution is -2.50. The van der Waals surface area contributed by atoms with E-state index in [2.05, 4.69) is 0 Å². The molecule has 7 heteroatoms. The van der Waals surface area contributed by atoms with E-state index >= 15 is 0 Å². The van der Waals surface area contributed by atoms with Crippen molar-refractivity contribution in [3.05, 3.63) is 29.8 Å². The lowest BCUT2D eigenvalue weighted by Gasteiger charge is -2.34. The molecule has 0 spiro atoms. The molecule has 6 nitrogen and oxygen atoms in total. The molecule has 126 valence electrons. The number of carbonyl (C=O) groups is 2. The maximum absolute atomic E-state index is 12.4. The van der Waals surface area contributed by atoms with E-state index in [0.717, 1.165) is 12.7 Å². The van der Waals surface area contributed by atoms with Crippen molar-refractivity contribution in [3.63, 3.8) is 0 Å². The van der Waals surface area contributed by atoms with Crippen LogP contribution in [0.3, 0.4) is 0 Å². The Labute approximate surface area is 137 Å². The molecule has 1 fully saturated rings. The van der Waals surface area contributed by atoms with Gasteiger partial charge in [-0.2, -0.15) is 0 Å². The first-order valence-corrected chi connectivity index (χ1v) is 9.59. The SMILES string of the molecule is CCCC(=O)N1CCN(C(=O)c2ccc(S(C)(=O)=O)cc2)CC1. The molecule has 0 aliphatic carbocycles. The summed E-state index contributed by atoms with van der Waals surface area (Å²) in [5, 5.41) is 0. The lowest BCUT2D eigenvalue weighted by atomic mass is 10.1. The molecule has 1 aliphatic heterocycles. The molecule has 0 unspecified atom stereocenters. The molecule has 0 N–H and O–H groups in total. The zero-order chi connectivity index (χ0) is 17.0. The fourth-order valence-corrected chi connectivity index (χ4v) is 3.19. The van der Waals surface area contributed by atoms with Gasteiger partial charge in [-0.25, -0.2) is 8.42 Å². The van der Waals surface area contributed by atoms with Crippen LogP contribution in [0, 0.1) is 0 Å². The monoisotopic (exact) mass is 338 g/mol. The second-order valence-corrected chi connectivity index (χ2v) is 7.74. The molecule has 1 heterocycles. The summed E-state index contributed by atoms with van der Waals surface area (Å²) < 4.78 is 22.9. The molecule has 2 amide bonds. The summed E-state index contributed by atoms with van der Waals surface area (Å²) in [6.07, 6.45) is 2.50. The van der Waals surface area contributed by atoms with Crippen molar-refractivity contribution in [2.45, 2.75) is 24.7 Å². The minimum absolute atomic E-state index is 0.132. The maximum Gasteiger partial charge on any atom is 0.253 e. The highest BCUT2D eigenvalue weighted by Gasteiger charge is 2.24. The van der Waals surface area contributed by atoms with Crippen molar-refractivity contribution in [2.24, 2.45) is 0 Å². The van der Waals surface area contributed by atoms with Crippen LogP contribution in [0.2, 0.25) is 0 Å². The number of benzene rings is 1. The van der Waals surface area contributed by atoms with Crippen LogP contribution in [0.25, 0.3) is 0 Å². The fraction of sp³-hybridized carbons (Fsp3) is 0.500. The average molecular weight is 338 g/mol. The minimum Gasteiger partial charge on any atom is -0.339 e. The van der Waals surface area contributed by atoms with Gasteiger partial charge < -0.3 is 9.80 Å². The normalized spacial score (nSPS) is 15.6. The van der Waals surface area contributed by atoms with E-state index in [-0.39, 0.29) is 16.7 Å². The maximum atomic E-state index is 12.4. The van der Waals surface area contributed by atoms with Crippen molar-refractivity contribution in [1.82, 2.24) is 9.80 Å². The smallest absolute Gasteiger partial charge is 0.253 e. The summed E-state index contributed by atoms with van der Waals surface area (Å²) in [5.74, 6) is 0.00439. The van der Waals surface area contributed by atoms with Crippen molar-refractivity contribution in [3.8, 4) is 0 Å². The van der Waals surface area contributed by atoms with Crippen LogP contribution in [0.5, 0.6) is 0 Å². The number of piperazine rings is 1. The molecule has 0 bridgehead atoms. The summed E-state index contributed by atoms with van der Waals surface area (Å²) in [5.41, 5.74) is 0.464. The van der Waals surface area contributed by atoms with E-state index in [1.54, 1.807) is 9.80 Å². The third-order valence-corrected chi connectivity index (χ3v) is 5.04. The first kappa shape index (κ1) is 17.5. The van der Waals surface area contributed by atoms with Crippen LogP contribution in [-0.2, 0) is 14.6 Å². The Bertz CT molecular complexity index is 675. The largest absolute Gasteiger partial charge is 0.339 e. The average Bonchev–Trinajstić information content (AvgIpc) is 2.54.